The minimum absolute atomic E-state index is 0.00460. The van der Waals surface area contributed by atoms with Crippen molar-refractivity contribution < 1.29 is 14.0 Å². The largest absolute Gasteiger partial charge is 0.350 e. The summed E-state index contributed by atoms with van der Waals surface area (Å²) < 4.78 is 13.0. The maximum atomic E-state index is 13.0. The second-order valence-corrected chi connectivity index (χ2v) is 5.81. The molecule has 1 heterocycles. The Balaban J connectivity index is 2.00. The van der Waals surface area contributed by atoms with Gasteiger partial charge in [0, 0.05) is 24.0 Å². The molecule has 1 aromatic carbocycles. The zero-order valence-corrected chi connectivity index (χ0v) is 12.8. The van der Waals surface area contributed by atoms with Gasteiger partial charge in [-0.25, -0.2) is 4.39 Å². The predicted octanol–water partition coefficient (Wildman–Crippen LogP) is 2.49. The lowest BCUT2D eigenvalue weighted by Crippen LogP contribution is -2.47. The minimum Gasteiger partial charge on any atom is -0.350 e. The Kier molecular flexibility index (Phi) is 4.83. The van der Waals surface area contributed by atoms with Crippen LogP contribution in [0.5, 0.6) is 0 Å². The zero-order chi connectivity index (χ0) is 15.6. The second kappa shape index (κ2) is 6.43. The van der Waals surface area contributed by atoms with Gasteiger partial charge in [0.15, 0.2) is 0 Å². The summed E-state index contributed by atoms with van der Waals surface area (Å²) in [5.74, 6) is -0.609. The van der Waals surface area contributed by atoms with Gasteiger partial charge in [0.2, 0.25) is 11.8 Å². The summed E-state index contributed by atoms with van der Waals surface area (Å²) in [6.45, 7) is 4.00. The Morgan fingerprint density at radius 1 is 1.52 bits per heavy atom. The SMILES string of the molecule is CC(C)N1C(=O)CC[C@H]1C(=O)NCc1ccc(F)cc1Cl. The van der Waals surface area contributed by atoms with E-state index in [9.17, 15) is 14.0 Å². The third kappa shape index (κ3) is 3.53. The fourth-order valence-corrected chi connectivity index (χ4v) is 2.81. The van der Waals surface area contributed by atoms with Gasteiger partial charge in [0.25, 0.3) is 0 Å². The molecule has 1 N–H and O–H groups in total. The number of nitrogens with one attached hydrogen (secondary N) is 1. The Hall–Kier alpha value is -1.62. The van der Waals surface area contributed by atoms with E-state index in [0.717, 1.165) is 0 Å². The van der Waals surface area contributed by atoms with E-state index in [1.807, 2.05) is 13.8 Å². The summed E-state index contributed by atoms with van der Waals surface area (Å²) in [5.41, 5.74) is 0.645. The van der Waals surface area contributed by atoms with E-state index in [0.29, 0.717) is 18.4 Å². The number of benzene rings is 1. The molecule has 0 spiro atoms. The fraction of sp³-hybridized carbons (Fsp3) is 0.467. The monoisotopic (exact) mass is 312 g/mol. The van der Waals surface area contributed by atoms with Crippen LogP contribution in [0.15, 0.2) is 18.2 Å². The molecule has 0 aliphatic carbocycles. The Bertz CT molecular complexity index is 563. The molecule has 2 rings (SSSR count). The number of likely N-dealkylation sites (tertiary alicyclic amines) is 1. The molecule has 114 valence electrons. The number of carbonyl (C=O) groups is 2. The molecule has 21 heavy (non-hydrogen) atoms. The summed E-state index contributed by atoms with van der Waals surface area (Å²) in [7, 11) is 0. The molecule has 1 saturated heterocycles. The predicted molar refractivity (Wildman–Crippen MR) is 78.3 cm³/mol. The summed E-state index contributed by atoms with van der Waals surface area (Å²) in [6, 6.07) is 3.61. The van der Waals surface area contributed by atoms with Gasteiger partial charge in [-0.3, -0.25) is 9.59 Å². The van der Waals surface area contributed by atoms with Gasteiger partial charge in [-0.15, -0.1) is 0 Å². The molecule has 1 aromatic rings. The highest BCUT2D eigenvalue weighted by Gasteiger charge is 2.37. The average molecular weight is 313 g/mol. The molecular formula is C15H18ClFN2O2. The highest BCUT2D eigenvalue weighted by Crippen LogP contribution is 2.22. The maximum Gasteiger partial charge on any atom is 0.243 e. The summed E-state index contributed by atoms with van der Waals surface area (Å²) in [6.07, 6.45) is 0.924. The van der Waals surface area contributed by atoms with E-state index in [1.165, 1.54) is 18.2 Å². The van der Waals surface area contributed by atoms with Crippen LogP contribution in [0.2, 0.25) is 5.02 Å². The van der Waals surface area contributed by atoms with Crippen LogP contribution in [0.4, 0.5) is 4.39 Å². The van der Waals surface area contributed by atoms with Crippen molar-refractivity contribution in [1.29, 1.82) is 0 Å². The van der Waals surface area contributed by atoms with Gasteiger partial charge in [-0.05, 0) is 38.0 Å². The molecule has 1 atom stereocenters. The first kappa shape index (κ1) is 15.8. The first-order valence-electron chi connectivity index (χ1n) is 6.93. The molecule has 1 aliphatic heterocycles. The quantitative estimate of drug-likeness (QED) is 0.928. The van der Waals surface area contributed by atoms with Crippen molar-refractivity contribution in [3.8, 4) is 0 Å². The second-order valence-electron chi connectivity index (χ2n) is 5.40. The molecule has 0 radical (unpaired) electrons. The molecule has 0 bridgehead atoms. The highest BCUT2D eigenvalue weighted by atomic mass is 35.5. The number of nitrogens with zero attached hydrogens (tertiary/aromatic N) is 1. The van der Waals surface area contributed by atoms with E-state index in [2.05, 4.69) is 5.32 Å². The van der Waals surface area contributed by atoms with Gasteiger partial charge >= 0.3 is 0 Å². The Labute approximate surface area is 128 Å². The van der Waals surface area contributed by atoms with Crippen molar-refractivity contribution in [3.05, 3.63) is 34.6 Å². The van der Waals surface area contributed by atoms with Crippen LogP contribution >= 0.6 is 11.6 Å². The smallest absolute Gasteiger partial charge is 0.243 e. The van der Waals surface area contributed by atoms with Crippen molar-refractivity contribution in [1.82, 2.24) is 10.2 Å². The molecule has 2 amide bonds. The van der Waals surface area contributed by atoms with E-state index in [-0.39, 0.29) is 29.4 Å². The molecule has 0 saturated carbocycles. The van der Waals surface area contributed by atoms with E-state index in [1.54, 1.807) is 4.90 Å². The third-order valence-electron chi connectivity index (χ3n) is 3.58. The van der Waals surface area contributed by atoms with Crippen LogP contribution < -0.4 is 5.32 Å². The van der Waals surface area contributed by atoms with Crippen LogP contribution in [0.3, 0.4) is 0 Å². The van der Waals surface area contributed by atoms with Gasteiger partial charge < -0.3 is 10.2 Å². The van der Waals surface area contributed by atoms with Crippen LogP contribution in [0.25, 0.3) is 0 Å². The van der Waals surface area contributed by atoms with Crippen LogP contribution in [-0.2, 0) is 16.1 Å². The number of carbonyl (C=O) groups excluding carboxylic acids is 2. The van der Waals surface area contributed by atoms with E-state index in [4.69, 9.17) is 11.6 Å². The van der Waals surface area contributed by atoms with Crippen molar-refractivity contribution in [2.75, 3.05) is 0 Å². The van der Waals surface area contributed by atoms with Gasteiger partial charge in [-0.2, -0.15) is 0 Å². The normalized spacial score (nSPS) is 18.4. The lowest BCUT2D eigenvalue weighted by molar-refractivity contribution is -0.137. The van der Waals surface area contributed by atoms with Crippen LogP contribution in [0, 0.1) is 5.82 Å². The minimum atomic E-state index is -0.434. The topological polar surface area (TPSA) is 49.4 Å². The standard InChI is InChI=1S/C15H18ClFN2O2/c1-9(2)19-13(5-6-14(19)20)15(21)18-8-10-3-4-11(17)7-12(10)16/h3-4,7,9,13H,5-6,8H2,1-2H3,(H,18,21)/t13-/m0/s1. The Morgan fingerprint density at radius 3 is 2.86 bits per heavy atom. The zero-order valence-electron chi connectivity index (χ0n) is 12.0. The molecule has 6 heteroatoms. The molecule has 1 aliphatic rings. The summed E-state index contributed by atoms with van der Waals surface area (Å²) in [5, 5.41) is 3.04. The van der Waals surface area contributed by atoms with Crippen LogP contribution in [0.1, 0.15) is 32.3 Å². The van der Waals surface area contributed by atoms with Crippen molar-refractivity contribution in [2.24, 2.45) is 0 Å². The maximum absolute atomic E-state index is 13.0. The summed E-state index contributed by atoms with van der Waals surface area (Å²) >= 11 is 5.92. The molecule has 0 aromatic heterocycles. The molecule has 0 unspecified atom stereocenters. The lowest BCUT2D eigenvalue weighted by atomic mass is 10.1. The fourth-order valence-electron chi connectivity index (χ4n) is 2.57. The number of rotatable bonds is 4. The number of halogens is 2. The van der Waals surface area contributed by atoms with Gasteiger partial charge in [-0.1, -0.05) is 17.7 Å². The first-order chi connectivity index (χ1) is 9.90. The molecule has 4 nitrogen and oxygen atoms in total. The van der Waals surface area contributed by atoms with Crippen molar-refractivity contribution >= 4 is 23.4 Å². The van der Waals surface area contributed by atoms with Crippen molar-refractivity contribution in [3.63, 3.8) is 0 Å². The number of hydrogen-bond donors (Lipinski definition) is 1. The highest BCUT2D eigenvalue weighted by molar-refractivity contribution is 6.31. The van der Waals surface area contributed by atoms with Crippen molar-refractivity contribution in [2.45, 2.75) is 45.3 Å². The van der Waals surface area contributed by atoms with Crippen LogP contribution in [-0.4, -0.2) is 28.8 Å². The Morgan fingerprint density at radius 2 is 2.24 bits per heavy atom. The molecular weight excluding hydrogens is 295 g/mol. The van der Waals surface area contributed by atoms with Gasteiger partial charge in [0.05, 0.1) is 0 Å². The molecule has 1 fully saturated rings. The number of amides is 2. The van der Waals surface area contributed by atoms with E-state index < -0.39 is 11.9 Å². The lowest BCUT2D eigenvalue weighted by Gasteiger charge is -2.27. The third-order valence-corrected chi connectivity index (χ3v) is 3.93. The average Bonchev–Trinajstić information content (AvgIpc) is 2.79. The first-order valence-corrected chi connectivity index (χ1v) is 7.30. The van der Waals surface area contributed by atoms with Gasteiger partial charge in [0.1, 0.15) is 11.9 Å². The van der Waals surface area contributed by atoms with E-state index >= 15 is 0 Å². The number of hydrogen-bond acceptors (Lipinski definition) is 2. The summed E-state index contributed by atoms with van der Waals surface area (Å²) in [4.78, 5) is 25.6.